The number of nitrogens with zero attached hydrogens (tertiary/aromatic N) is 1. The standard InChI is InChI=1S/C64H113N2O7P/c1-7-10-13-16-19-22-25-27-29-31-32-33-34-35-37-39-42-45-48-51-54-57-64(68)73-62(55-52-49-46-43-40-24-21-18-15-12-9-3)61(60-72-74(69,70)71-59-58-66(4,5)6)65-63(67)56-53-50-47-44-41-38-36-30-28-26-23-20-17-14-11-8-2/h10,13,19,22,27,29-30,32-33,35-37,42,45,52,55,61-62H,7-9,11-12,14-18,20-21,23-26,28,31,34,38-41,43-44,46-51,53-54,56-60H2,1-6H3,(H-,65,67,69,70)/b13-10-,22-19-,29-27-,33-32-,36-30+,37-35-,45-42-,55-52+. The van der Waals surface area contributed by atoms with Crippen LogP contribution in [0.3, 0.4) is 0 Å². The normalized spacial score (nSPS) is 14.4. The lowest BCUT2D eigenvalue weighted by Crippen LogP contribution is -2.47. The van der Waals surface area contributed by atoms with Crippen LogP contribution < -0.4 is 10.2 Å². The number of ether oxygens (including phenoxy) is 1. The van der Waals surface area contributed by atoms with Crippen LogP contribution in [0, 0.1) is 0 Å². The van der Waals surface area contributed by atoms with Crippen LogP contribution in [0.2, 0.25) is 0 Å². The summed E-state index contributed by atoms with van der Waals surface area (Å²) in [6.07, 6.45) is 70.9. The van der Waals surface area contributed by atoms with Gasteiger partial charge in [0, 0.05) is 12.8 Å². The van der Waals surface area contributed by atoms with E-state index in [1.165, 1.54) is 96.3 Å². The van der Waals surface area contributed by atoms with Crippen molar-refractivity contribution in [3.8, 4) is 0 Å². The fourth-order valence-corrected chi connectivity index (χ4v) is 8.83. The van der Waals surface area contributed by atoms with Crippen LogP contribution in [0.25, 0.3) is 0 Å². The molecule has 3 atom stereocenters. The first kappa shape index (κ1) is 70.9. The molecule has 0 saturated carbocycles. The second-order valence-corrected chi connectivity index (χ2v) is 22.5. The second-order valence-electron chi connectivity index (χ2n) is 21.1. The van der Waals surface area contributed by atoms with Gasteiger partial charge in [0.2, 0.25) is 5.91 Å². The van der Waals surface area contributed by atoms with E-state index in [4.69, 9.17) is 13.8 Å². The fraction of sp³-hybridized carbons (Fsp3) is 0.719. The zero-order valence-electron chi connectivity index (χ0n) is 48.5. The maximum absolute atomic E-state index is 13.5. The minimum Gasteiger partial charge on any atom is -0.756 e. The molecule has 0 bridgehead atoms. The highest BCUT2D eigenvalue weighted by Gasteiger charge is 2.27. The van der Waals surface area contributed by atoms with Crippen molar-refractivity contribution in [1.29, 1.82) is 0 Å². The Morgan fingerprint density at radius 3 is 1.32 bits per heavy atom. The molecule has 10 heteroatoms. The summed E-state index contributed by atoms with van der Waals surface area (Å²) in [6.45, 7) is 6.67. The summed E-state index contributed by atoms with van der Waals surface area (Å²) >= 11 is 0. The Labute approximate surface area is 456 Å². The van der Waals surface area contributed by atoms with Gasteiger partial charge in [0.25, 0.3) is 7.82 Å². The Morgan fingerprint density at radius 1 is 0.486 bits per heavy atom. The van der Waals surface area contributed by atoms with Gasteiger partial charge in [0.05, 0.1) is 33.8 Å². The van der Waals surface area contributed by atoms with Crippen LogP contribution in [0.1, 0.15) is 245 Å². The van der Waals surface area contributed by atoms with E-state index in [1.807, 2.05) is 33.3 Å². The molecule has 1 N–H and O–H groups in total. The molecule has 0 heterocycles. The lowest BCUT2D eigenvalue weighted by atomic mass is 10.1. The molecule has 426 valence electrons. The SMILES string of the molecule is CC/C=C\C/C=C\C/C=C\C/C=C\C/C=C\C/C=C\CCCCC(=O)OC(/C=C/CCCCCCCCCCC)C(COP(=O)([O-])OCC[N+](C)(C)C)NC(=O)CCCCCCC/C=C/CCCCCCCCC. The summed E-state index contributed by atoms with van der Waals surface area (Å²) in [6, 6.07) is -0.915. The molecule has 9 nitrogen and oxygen atoms in total. The first-order chi connectivity index (χ1) is 35.9. The number of amides is 1. The summed E-state index contributed by atoms with van der Waals surface area (Å²) < 4.78 is 30.2. The quantitative estimate of drug-likeness (QED) is 0.0212. The topological polar surface area (TPSA) is 114 Å². The molecule has 0 spiro atoms. The highest BCUT2D eigenvalue weighted by atomic mass is 31.2. The highest BCUT2D eigenvalue weighted by Crippen LogP contribution is 2.38. The smallest absolute Gasteiger partial charge is 0.306 e. The van der Waals surface area contributed by atoms with E-state index < -0.39 is 26.6 Å². The molecule has 0 rings (SSSR count). The summed E-state index contributed by atoms with van der Waals surface area (Å²) in [5.41, 5.74) is 0. The predicted octanol–water partition coefficient (Wildman–Crippen LogP) is 17.8. The first-order valence-corrected chi connectivity index (χ1v) is 31.5. The van der Waals surface area contributed by atoms with E-state index in [2.05, 4.69) is 111 Å². The number of nitrogens with one attached hydrogen (secondary N) is 1. The number of hydrogen-bond donors (Lipinski definition) is 1. The average molecular weight is 1050 g/mol. The average Bonchev–Trinajstić information content (AvgIpc) is 3.36. The number of hydrogen-bond acceptors (Lipinski definition) is 7. The van der Waals surface area contributed by atoms with Crippen LogP contribution in [-0.2, 0) is 27.9 Å². The van der Waals surface area contributed by atoms with Gasteiger partial charge in [-0.1, -0.05) is 221 Å². The van der Waals surface area contributed by atoms with Crippen LogP contribution in [0.4, 0.5) is 0 Å². The van der Waals surface area contributed by atoms with Crippen molar-refractivity contribution >= 4 is 19.7 Å². The van der Waals surface area contributed by atoms with E-state index >= 15 is 0 Å². The van der Waals surface area contributed by atoms with Crippen molar-refractivity contribution in [2.24, 2.45) is 0 Å². The number of phosphoric ester groups is 1. The number of esters is 1. The third kappa shape index (κ3) is 53.7. The van der Waals surface area contributed by atoms with Gasteiger partial charge in [0.1, 0.15) is 19.3 Å². The van der Waals surface area contributed by atoms with Gasteiger partial charge in [0.15, 0.2) is 0 Å². The van der Waals surface area contributed by atoms with Crippen molar-refractivity contribution in [2.75, 3.05) is 40.9 Å². The lowest BCUT2D eigenvalue weighted by molar-refractivity contribution is -0.870. The molecule has 0 radical (unpaired) electrons. The van der Waals surface area contributed by atoms with E-state index in [0.29, 0.717) is 23.9 Å². The molecule has 0 aromatic rings. The molecule has 0 aliphatic rings. The fourth-order valence-electron chi connectivity index (χ4n) is 8.11. The van der Waals surface area contributed by atoms with E-state index in [9.17, 15) is 19.0 Å². The molecule has 0 aliphatic heterocycles. The Kier molecular flexibility index (Phi) is 51.1. The van der Waals surface area contributed by atoms with E-state index in [-0.39, 0.29) is 24.9 Å². The molecule has 1 amide bonds. The Bertz CT molecular complexity index is 1590. The van der Waals surface area contributed by atoms with Gasteiger partial charge in [-0.05, 0) is 109 Å². The zero-order chi connectivity index (χ0) is 54.3. The Morgan fingerprint density at radius 2 is 0.865 bits per heavy atom. The first-order valence-electron chi connectivity index (χ1n) is 30.0. The van der Waals surface area contributed by atoms with Gasteiger partial charge in [-0.2, -0.15) is 0 Å². The lowest BCUT2D eigenvalue weighted by Gasteiger charge is -2.30. The third-order valence-corrected chi connectivity index (χ3v) is 13.7. The van der Waals surface area contributed by atoms with E-state index in [1.54, 1.807) is 0 Å². The van der Waals surface area contributed by atoms with Gasteiger partial charge < -0.3 is 28.5 Å². The second kappa shape index (κ2) is 53.3. The summed E-state index contributed by atoms with van der Waals surface area (Å²) in [5.74, 6) is -0.606. The number of rotatable bonds is 53. The van der Waals surface area contributed by atoms with Crippen LogP contribution in [-0.4, -0.2) is 69.4 Å². The molecule has 0 saturated heterocycles. The van der Waals surface area contributed by atoms with Crippen molar-refractivity contribution in [3.63, 3.8) is 0 Å². The van der Waals surface area contributed by atoms with Gasteiger partial charge in [-0.25, -0.2) is 0 Å². The third-order valence-electron chi connectivity index (χ3n) is 12.7. The molecular weight excluding hydrogens is 940 g/mol. The number of unbranched alkanes of at least 4 members (excludes halogenated alkanes) is 23. The summed E-state index contributed by atoms with van der Waals surface area (Å²) in [4.78, 5) is 39.9. The number of carbonyl (C=O) groups is 2. The maximum Gasteiger partial charge on any atom is 0.306 e. The van der Waals surface area contributed by atoms with Crippen molar-refractivity contribution in [3.05, 3.63) is 97.2 Å². The number of carbonyl (C=O) groups excluding carboxylic acids is 2. The Balaban J connectivity index is 5.36. The minimum atomic E-state index is -4.71. The molecule has 0 aromatic heterocycles. The zero-order valence-corrected chi connectivity index (χ0v) is 49.4. The van der Waals surface area contributed by atoms with Crippen LogP contribution in [0.15, 0.2) is 97.2 Å². The molecule has 3 unspecified atom stereocenters. The predicted molar refractivity (Wildman–Crippen MR) is 316 cm³/mol. The van der Waals surface area contributed by atoms with Crippen LogP contribution in [0.5, 0.6) is 0 Å². The van der Waals surface area contributed by atoms with Crippen molar-refractivity contribution < 1.29 is 37.3 Å². The number of likely N-dealkylation sites (N-methyl/N-ethyl adjacent to an activating group) is 1. The highest BCUT2D eigenvalue weighted by molar-refractivity contribution is 7.45. The largest absolute Gasteiger partial charge is 0.756 e. The minimum absolute atomic E-state index is 0.0352. The number of allylic oxidation sites excluding steroid dienone is 15. The van der Waals surface area contributed by atoms with Crippen molar-refractivity contribution in [1.82, 2.24) is 5.32 Å². The molecule has 74 heavy (non-hydrogen) atoms. The van der Waals surface area contributed by atoms with Gasteiger partial charge >= 0.3 is 5.97 Å². The van der Waals surface area contributed by atoms with Gasteiger partial charge in [-0.3, -0.25) is 14.2 Å². The Hall–Kier alpha value is -3.07. The molecule has 0 aliphatic carbocycles. The van der Waals surface area contributed by atoms with Crippen LogP contribution >= 0.6 is 7.82 Å². The molecule has 0 aromatic carbocycles. The monoisotopic (exact) mass is 1050 g/mol. The number of quaternary nitrogens is 1. The number of phosphoric acid groups is 1. The summed E-state index contributed by atoms with van der Waals surface area (Å²) in [5, 5.41) is 3.00. The van der Waals surface area contributed by atoms with Gasteiger partial charge in [-0.15, -0.1) is 0 Å². The molecular formula is C64H113N2O7P. The van der Waals surface area contributed by atoms with E-state index in [0.717, 1.165) is 109 Å². The maximum atomic E-state index is 13.5. The van der Waals surface area contributed by atoms with Crippen molar-refractivity contribution in [2.45, 2.75) is 258 Å². The molecule has 0 fully saturated rings. The summed E-state index contributed by atoms with van der Waals surface area (Å²) in [7, 11) is 1.14.